The number of hydrogen-bond donors (Lipinski definition) is 2. The predicted molar refractivity (Wildman–Crippen MR) is 39.1 cm³/mol. The molecule has 0 spiro atoms. The van der Waals surface area contributed by atoms with Gasteiger partial charge in [0.05, 0.1) is 12.1 Å². The number of ketones is 1. The first-order chi connectivity index (χ1) is 5.04. The molecule has 0 saturated carbocycles. The highest BCUT2D eigenvalue weighted by Gasteiger charge is 2.40. The van der Waals surface area contributed by atoms with Gasteiger partial charge in [-0.15, -0.1) is 0 Å². The van der Waals surface area contributed by atoms with Crippen molar-refractivity contribution in [3.8, 4) is 0 Å². The van der Waals surface area contributed by atoms with Gasteiger partial charge in [-0.3, -0.25) is 9.69 Å². The number of aliphatic hydroxyl groups excluding tert-OH is 2. The summed E-state index contributed by atoms with van der Waals surface area (Å²) in [5, 5.41) is 18.4. The average Bonchev–Trinajstić information content (AvgIpc) is 2.07. The van der Waals surface area contributed by atoms with E-state index in [0.717, 1.165) is 0 Å². The van der Waals surface area contributed by atoms with Crippen molar-refractivity contribution in [2.24, 2.45) is 0 Å². The zero-order chi connectivity index (χ0) is 8.59. The molecule has 11 heavy (non-hydrogen) atoms. The van der Waals surface area contributed by atoms with Gasteiger partial charge in [0, 0.05) is 6.54 Å². The second-order valence-corrected chi connectivity index (χ2v) is 3.05. The first kappa shape index (κ1) is 8.64. The maximum atomic E-state index is 10.9. The molecule has 1 aliphatic heterocycles. The van der Waals surface area contributed by atoms with Crippen LogP contribution in [0.4, 0.5) is 0 Å². The van der Waals surface area contributed by atoms with Gasteiger partial charge in [0.25, 0.3) is 0 Å². The third kappa shape index (κ3) is 1.42. The molecule has 64 valence electrons. The number of aliphatic hydroxyl groups is 2. The van der Waals surface area contributed by atoms with Gasteiger partial charge >= 0.3 is 0 Å². The quantitative estimate of drug-likeness (QED) is 0.494. The van der Waals surface area contributed by atoms with E-state index in [9.17, 15) is 9.90 Å². The van der Waals surface area contributed by atoms with Gasteiger partial charge in [-0.2, -0.15) is 0 Å². The lowest BCUT2D eigenvalue weighted by molar-refractivity contribution is -0.123. The normalized spacial score (nSPS) is 39.5. The summed E-state index contributed by atoms with van der Waals surface area (Å²) in [6, 6.07) is -0.523. The number of Topliss-reactive ketones (excluding diaryl/α,β-unsaturated/α-hetero) is 1. The molecule has 1 saturated heterocycles. The fourth-order valence-electron chi connectivity index (χ4n) is 1.54. The SMILES string of the molecule is CC(=O)[C@@H]1C(O)C(O)CN1C. The van der Waals surface area contributed by atoms with E-state index in [-0.39, 0.29) is 5.78 Å². The van der Waals surface area contributed by atoms with Gasteiger partial charge in [0.15, 0.2) is 0 Å². The average molecular weight is 159 g/mol. The van der Waals surface area contributed by atoms with Gasteiger partial charge in [-0.1, -0.05) is 0 Å². The van der Waals surface area contributed by atoms with Crippen LogP contribution in [0.15, 0.2) is 0 Å². The molecule has 0 aromatic rings. The van der Waals surface area contributed by atoms with Crippen molar-refractivity contribution in [1.29, 1.82) is 0 Å². The number of carbonyl (C=O) groups excluding carboxylic acids is 1. The smallest absolute Gasteiger partial charge is 0.149 e. The van der Waals surface area contributed by atoms with Crippen molar-refractivity contribution < 1.29 is 15.0 Å². The van der Waals surface area contributed by atoms with E-state index in [2.05, 4.69) is 0 Å². The number of likely N-dealkylation sites (N-methyl/N-ethyl adjacent to an activating group) is 1. The third-order valence-corrected chi connectivity index (χ3v) is 2.08. The van der Waals surface area contributed by atoms with Crippen LogP contribution >= 0.6 is 0 Å². The lowest BCUT2D eigenvalue weighted by Gasteiger charge is -2.17. The lowest BCUT2D eigenvalue weighted by atomic mass is 10.1. The molecule has 0 amide bonds. The van der Waals surface area contributed by atoms with E-state index in [1.807, 2.05) is 0 Å². The molecule has 4 nitrogen and oxygen atoms in total. The van der Waals surface area contributed by atoms with Crippen molar-refractivity contribution in [1.82, 2.24) is 4.90 Å². The molecule has 3 atom stereocenters. The summed E-state index contributed by atoms with van der Waals surface area (Å²) >= 11 is 0. The van der Waals surface area contributed by atoms with Crippen molar-refractivity contribution >= 4 is 5.78 Å². The molecule has 1 rings (SSSR count). The molecule has 0 aromatic carbocycles. The van der Waals surface area contributed by atoms with Gasteiger partial charge in [0.2, 0.25) is 0 Å². The highest BCUT2D eigenvalue weighted by Crippen LogP contribution is 2.16. The second kappa shape index (κ2) is 2.89. The van der Waals surface area contributed by atoms with Crippen LogP contribution in [0.25, 0.3) is 0 Å². The highest BCUT2D eigenvalue weighted by atomic mass is 16.3. The van der Waals surface area contributed by atoms with E-state index < -0.39 is 18.2 Å². The topological polar surface area (TPSA) is 60.8 Å². The Kier molecular flexibility index (Phi) is 2.27. The minimum atomic E-state index is -0.919. The van der Waals surface area contributed by atoms with Gasteiger partial charge in [-0.25, -0.2) is 0 Å². The molecule has 0 aliphatic carbocycles. The number of hydrogen-bond acceptors (Lipinski definition) is 4. The Morgan fingerprint density at radius 2 is 2.09 bits per heavy atom. The van der Waals surface area contributed by atoms with Crippen LogP contribution in [0.2, 0.25) is 0 Å². The first-order valence-corrected chi connectivity index (χ1v) is 3.61. The Hall–Kier alpha value is -0.450. The Morgan fingerprint density at radius 3 is 2.27 bits per heavy atom. The van der Waals surface area contributed by atoms with Crippen LogP contribution in [0.3, 0.4) is 0 Å². The summed E-state index contributed by atoms with van der Waals surface area (Å²) in [4.78, 5) is 12.6. The standard InChI is InChI=1S/C7H13NO3/c1-4(9)6-7(11)5(10)3-8(6)2/h5-7,10-11H,3H2,1-2H3/t5?,6-,7?/m1/s1. The van der Waals surface area contributed by atoms with Crippen LogP contribution in [-0.2, 0) is 4.79 Å². The largest absolute Gasteiger partial charge is 0.389 e. The van der Waals surface area contributed by atoms with E-state index in [0.29, 0.717) is 6.54 Å². The summed E-state index contributed by atoms with van der Waals surface area (Å²) in [6.45, 7) is 1.79. The summed E-state index contributed by atoms with van der Waals surface area (Å²) < 4.78 is 0. The molecule has 2 N–H and O–H groups in total. The van der Waals surface area contributed by atoms with Crippen molar-refractivity contribution in [2.75, 3.05) is 13.6 Å². The summed E-state index contributed by atoms with van der Waals surface area (Å²) in [7, 11) is 1.71. The Balaban J connectivity index is 2.71. The van der Waals surface area contributed by atoms with E-state index in [1.165, 1.54) is 6.92 Å². The molecule has 1 fully saturated rings. The zero-order valence-corrected chi connectivity index (χ0v) is 6.69. The summed E-state index contributed by atoms with van der Waals surface area (Å²) in [5.74, 6) is -0.100. The molecular weight excluding hydrogens is 146 g/mol. The monoisotopic (exact) mass is 159 g/mol. The zero-order valence-electron chi connectivity index (χ0n) is 6.69. The fourth-order valence-corrected chi connectivity index (χ4v) is 1.54. The Morgan fingerprint density at radius 1 is 1.55 bits per heavy atom. The van der Waals surface area contributed by atoms with Gasteiger partial charge in [-0.05, 0) is 14.0 Å². The molecule has 1 heterocycles. The number of likely N-dealkylation sites (tertiary alicyclic amines) is 1. The van der Waals surface area contributed by atoms with Crippen LogP contribution in [0.1, 0.15) is 6.92 Å². The second-order valence-electron chi connectivity index (χ2n) is 3.05. The molecule has 0 bridgehead atoms. The maximum absolute atomic E-state index is 10.9. The maximum Gasteiger partial charge on any atom is 0.149 e. The Bertz CT molecular complexity index is 171. The van der Waals surface area contributed by atoms with Gasteiger partial charge < -0.3 is 10.2 Å². The van der Waals surface area contributed by atoms with Crippen molar-refractivity contribution in [3.05, 3.63) is 0 Å². The molecular formula is C7H13NO3. The van der Waals surface area contributed by atoms with E-state index in [1.54, 1.807) is 11.9 Å². The molecule has 0 aromatic heterocycles. The molecule has 4 heteroatoms. The van der Waals surface area contributed by atoms with Gasteiger partial charge in [0.1, 0.15) is 11.9 Å². The Labute approximate surface area is 65.4 Å². The van der Waals surface area contributed by atoms with Crippen molar-refractivity contribution in [2.45, 2.75) is 25.2 Å². The minimum absolute atomic E-state index is 0.100. The van der Waals surface area contributed by atoms with E-state index in [4.69, 9.17) is 5.11 Å². The van der Waals surface area contributed by atoms with Crippen LogP contribution in [0, 0.1) is 0 Å². The predicted octanol–water partition coefficient (Wildman–Crippen LogP) is -1.39. The first-order valence-electron chi connectivity index (χ1n) is 3.61. The van der Waals surface area contributed by atoms with E-state index >= 15 is 0 Å². The summed E-state index contributed by atoms with van der Waals surface area (Å²) in [5.41, 5.74) is 0. The fraction of sp³-hybridized carbons (Fsp3) is 0.857. The highest BCUT2D eigenvalue weighted by molar-refractivity contribution is 5.82. The number of nitrogens with zero attached hydrogens (tertiary/aromatic N) is 1. The van der Waals surface area contributed by atoms with Crippen LogP contribution < -0.4 is 0 Å². The minimum Gasteiger partial charge on any atom is -0.389 e. The van der Waals surface area contributed by atoms with Crippen LogP contribution in [0.5, 0.6) is 0 Å². The lowest BCUT2D eigenvalue weighted by Crippen LogP contribution is -2.39. The molecule has 2 unspecified atom stereocenters. The third-order valence-electron chi connectivity index (χ3n) is 2.08. The number of rotatable bonds is 1. The van der Waals surface area contributed by atoms with Crippen LogP contribution in [-0.4, -0.2) is 52.7 Å². The number of β-amino-alcohol motifs (C(OH)–C–C–N with tert-alkyl or cyclic N) is 1. The number of carbonyl (C=O) groups is 1. The molecule has 1 aliphatic rings. The molecule has 0 radical (unpaired) electrons. The van der Waals surface area contributed by atoms with Crippen molar-refractivity contribution in [3.63, 3.8) is 0 Å². The summed E-state index contributed by atoms with van der Waals surface area (Å²) in [6.07, 6.45) is -1.70.